The molecule has 0 aromatic heterocycles. The molecule has 3 rings (SSSR count). The molecule has 0 amide bonds. The summed E-state index contributed by atoms with van der Waals surface area (Å²) < 4.78 is 12.3. The summed E-state index contributed by atoms with van der Waals surface area (Å²) in [4.78, 5) is 12.2. The zero-order valence-electron chi connectivity index (χ0n) is 11.6. The van der Waals surface area contributed by atoms with Crippen LogP contribution >= 0.6 is 15.9 Å². The first-order valence-electron chi connectivity index (χ1n) is 6.89. The summed E-state index contributed by atoms with van der Waals surface area (Å²) in [5, 5.41) is 0. The molecule has 0 N–H and O–H groups in total. The van der Waals surface area contributed by atoms with Crippen molar-refractivity contribution in [2.75, 3.05) is 6.61 Å². The summed E-state index contributed by atoms with van der Waals surface area (Å²) in [5.74, 6) is 1.58. The van der Waals surface area contributed by atoms with Crippen molar-refractivity contribution in [1.82, 2.24) is 0 Å². The number of carbonyl (C=O) groups is 1. The van der Waals surface area contributed by atoms with Crippen LogP contribution in [0.4, 0.5) is 0 Å². The molecule has 21 heavy (non-hydrogen) atoms. The van der Waals surface area contributed by atoms with Crippen LogP contribution in [0.5, 0.6) is 11.5 Å². The molecule has 0 radical (unpaired) electrons. The second-order valence-corrected chi connectivity index (χ2v) is 5.79. The van der Waals surface area contributed by atoms with Crippen LogP contribution in [0.25, 0.3) is 0 Å². The van der Waals surface area contributed by atoms with Gasteiger partial charge in [0.25, 0.3) is 0 Å². The number of carbonyl (C=O) groups excluding carboxylic acids is 1. The number of Topliss-reactive ketones (excluding diaryl/α,β-unsaturated/α-hetero) is 1. The molecular weight excluding hydrogens is 332 g/mol. The number of ketones is 1. The lowest BCUT2D eigenvalue weighted by Gasteiger charge is -2.25. The predicted octanol–water partition coefficient (Wildman–Crippen LogP) is 4.55. The molecular formula is C17H15BrO3. The Bertz CT molecular complexity index is 664. The van der Waals surface area contributed by atoms with Gasteiger partial charge in [-0.25, -0.2) is 0 Å². The van der Waals surface area contributed by atoms with Crippen LogP contribution in [-0.4, -0.2) is 12.4 Å². The van der Waals surface area contributed by atoms with Crippen molar-refractivity contribution < 1.29 is 14.3 Å². The van der Waals surface area contributed by atoms with E-state index in [4.69, 9.17) is 9.47 Å². The number of rotatable bonds is 3. The number of ether oxygens (including phenoxy) is 2. The van der Waals surface area contributed by atoms with Crippen molar-refractivity contribution in [1.29, 1.82) is 0 Å². The summed E-state index contributed by atoms with van der Waals surface area (Å²) in [6.07, 6.45) is 0.123. The first-order valence-corrected chi connectivity index (χ1v) is 7.69. The average Bonchev–Trinajstić information content (AvgIpc) is 2.48. The van der Waals surface area contributed by atoms with E-state index in [1.807, 2.05) is 43.3 Å². The molecule has 108 valence electrons. The third kappa shape index (κ3) is 2.95. The third-order valence-electron chi connectivity index (χ3n) is 3.45. The van der Waals surface area contributed by atoms with Gasteiger partial charge >= 0.3 is 0 Å². The van der Waals surface area contributed by atoms with Gasteiger partial charge in [0.2, 0.25) is 0 Å². The lowest BCUT2D eigenvalue weighted by molar-refractivity contribution is 0.0850. The minimum atomic E-state index is -0.241. The van der Waals surface area contributed by atoms with E-state index in [1.165, 1.54) is 0 Å². The van der Waals surface area contributed by atoms with Crippen LogP contribution in [0.15, 0.2) is 46.9 Å². The molecule has 3 nitrogen and oxygen atoms in total. The summed E-state index contributed by atoms with van der Waals surface area (Å²) in [5.41, 5.74) is 1.64. The molecule has 4 heteroatoms. The highest BCUT2D eigenvalue weighted by Gasteiger charge is 2.27. The summed E-state index contributed by atoms with van der Waals surface area (Å²) in [6.45, 7) is 2.59. The maximum atomic E-state index is 12.2. The SMILES string of the molecule is CCOc1ccc(C2CC(=O)c3ccc(Br)cc3O2)cc1. The molecule has 1 aliphatic heterocycles. The normalized spacial score (nSPS) is 17.0. The van der Waals surface area contributed by atoms with Crippen LogP contribution < -0.4 is 9.47 Å². The standard InChI is InChI=1S/C17H15BrO3/c1-2-20-13-6-3-11(4-7-13)16-10-15(19)14-8-5-12(18)9-17(14)21-16/h3-9,16H,2,10H2,1H3. The molecule has 2 aromatic carbocycles. The van der Waals surface area contributed by atoms with Crippen LogP contribution in [0.2, 0.25) is 0 Å². The Labute approximate surface area is 132 Å². The van der Waals surface area contributed by atoms with E-state index in [0.717, 1.165) is 15.8 Å². The predicted molar refractivity (Wildman–Crippen MR) is 84.1 cm³/mol. The first-order chi connectivity index (χ1) is 10.2. The van der Waals surface area contributed by atoms with E-state index in [2.05, 4.69) is 15.9 Å². The number of hydrogen-bond donors (Lipinski definition) is 0. The van der Waals surface area contributed by atoms with Gasteiger partial charge in [-0.05, 0) is 42.8 Å². The van der Waals surface area contributed by atoms with Gasteiger partial charge in [0.05, 0.1) is 18.6 Å². The average molecular weight is 347 g/mol. The Balaban J connectivity index is 1.86. The van der Waals surface area contributed by atoms with E-state index in [0.29, 0.717) is 24.3 Å². The quantitative estimate of drug-likeness (QED) is 0.817. The molecule has 1 unspecified atom stereocenters. The smallest absolute Gasteiger partial charge is 0.170 e. The maximum absolute atomic E-state index is 12.2. The van der Waals surface area contributed by atoms with Gasteiger partial charge in [0, 0.05) is 4.47 Å². The van der Waals surface area contributed by atoms with Gasteiger partial charge < -0.3 is 9.47 Å². The molecule has 1 atom stereocenters. The van der Waals surface area contributed by atoms with Gasteiger partial charge in [-0.3, -0.25) is 4.79 Å². The number of fused-ring (bicyclic) bond motifs is 1. The molecule has 0 fully saturated rings. The van der Waals surface area contributed by atoms with Gasteiger partial charge in [0.15, 0.2) is 5.78 Å². The highest BCUT2D eigenvalue weighted by atomic mass is 79.9. The fourth-order valence-electron chi connectivity index (χ4n) is 2.43. The fourth-order valence-corrected chi connectivity index (χ4v) is 2.77. The lowest BCUT2D eigenvalue weighted by Crippen LogP contribution is -2.20. The summed E-state index contributed by atoms with van der Waals surface area (Å²) in [6, 6.07) is 13.2. The second-order valence-electron chi connectivity index (χ2n) is 4.88. The maximum Gasteiger partial charge on any atom is 0.170 e. The van der Waals surface area contributed by atoms with E-state index in [1.54, 1.807) is 6.07 Å². The fraction of sp³-hybridized carbons (Fsp3) is 0.235. The van der Waals surface area contributed by atoms with Crippen LogP contribution in [0.1, 0.15) is 35.4 Å². The monoisotopic (exact) mass is 346 g/mol. The minimum Gasteiger partial charge on any atom is -0.494 e. The molecule has 2 aromatic rings. The molecule has 1 heterocycles. The molecule has 0 spiro atoms. The van der Waals surface area contributed by atoms with Crippen molar-refractivity contribution in [3.63, 3.8) is 0 Å². The van der Waals surface area contributed by atoms with Gasteiger partial charge in [0.1, 0.15) is 17.6 Å². The van der Waals surface area contributed by atoms with Crippen molar-refractivity contribution >= 4 is 21.7 Å². The molecule has 1 aliphatic rings. The third-order valence-corrected chi connectivity index (χ3v) is 3.94. The largest absolute Gasteiger partial charge is 0.494 e. The van der Waals surface area contributed by atoms with E-state index in [9.17, 15) is 4.79 Å². The Hall–Kier alpha value is -1.81. The van der Waals surface area contributed by atoms with Crippen LogP contribution in [0.3, 0.4) is 0 Å². The van der Waals surface area contributed by atoms with E-state index < -0.39 is 0 Å². The van der Waals surface area contributed by atoms with Gasteiger partial charge in [-0.1, -0.05) is 28.1 Å². The highest BCUT2D eigenvalue weighted by molar-refractivity contribution is 9.10. The minimum absolute atomic E-state index is 0.114. The van der Waals surface area contributed by atoms with Crippen LogP contribution in [0, 0.1) is 0 Å². The summed E-state index contributed by atoms with van der Waals surface area (Å²) in [7, 11) is 0. The van der Waals surface area contributed by atoms with Gasteiger partial charge in [-0.2, -0.15) is 0 Å². The molecule has 0 saturated carbocycles. The van der Waals surface area contributed by atoms with Crippen LogP contribution in [-0.2, 0) is 0 Å². The molecule has 0 aliphatic carbocycles. The lowest BCUT2D eigenvalue weighted by atomic mass is 9.96. The second kappa shape index (κ2) is 5.90. The Morgan fingerprint density at radius 1 is 1.24 bits per heavy atom. The Morgan fingerprint density at radius 3 is 2.71 bits per heavy atom. The molecule has 0 saturated heterocycles. The summed E-state index contributed by atoms with van der Waals surface area (Å²) >= 11 is 3.41. The van der Waals surface area contributed by atoms with E-state index >= 15 is 0 Å². The van der Waals surface area contributed by atoms with Crippen molar-refractivity contribution in [3.05, 3.63) is 58.1 Å². The van der Waals surface area contributed by atoms with Gasteiger partial charge in [-0.15, -0.1) is 0 Å². The van der Waals surface area contributed by atoms with Crippen molar-refractivity contribution in [2.24, 2.45) is 0 Å². The number of hydrogen-bond acceptors (Lipinski definition) is 3. The topological polar surface area (TPSA) is 35.5 Å². The van der Waals surface area contributed by atoms with Crippen molar-refractivity contribution in [2.45, 2.75) is 19.4 Å². The zero-order chi connectivity index (χ0) is 14.8. The van der Waals surface area contributed by atoms with E-state index in [-0.39, 0.29) is 11.9 Å². The zero-order valence-corrected chi connectivity index (χ0v) is 13.2. The Morgan fingerprint density at radius 2 is 2.00 bits per heavy atom. The Kier molecular flexibility index (Phi) is 3.97. The number of halogens is 1. The first kappa shape index (κ1) is 14.1. The number of benzene rings is 2. The molecule has 0 bridgehead atoms. The van der Waals surface area contributed by atoms with Crippen molar-refractivity contribution in [3.8, 4) is 11.5 Å². The highest BCUT2D eigenvalue weighted by Crippen LogP contribution is 2.36.